The summed E-state index contributed by atoms with van der Waals surface area (Å²) in [5, 5.41) is 11.7. The van der Waals surface area contributed by atoms with Crippen molar-refractivity contribution >= 4 is 17.6 Å². The quantitative estimate of drug-likeness (QED) is 0.874. The number of benzene rings is 1. The molecule has 1 heterocycles. The van der Waals surface area contributed by atoms with E-state index in [2.05, 4.69) is 5.32 Å². The lowest BCUT2D eigenvalue weighted by atomic mass is 9.73. The van der Waals surface area contributed by atoms with Crippen molar-refractivity contribution in [2.24, 2.45) is 11.8 Å². The number of carboxylic acids is 1. The van der Waals surface area contributed by atoms with Crippen LogP contribution in [0.5, 0.6) is 0 Å². The van der Waals surface area contributed by atoms with Crippen molar-refractivity contribution < 1.29 is 14.7 Å². The van der Waals surface area contributed by atoms with Gasteiger partial charge in [0.1, 0.15) is 5.69 Å². The molecule has 0 saturated heterocycles. The number of hydrogen-bond donors (Lipinski definition) is 2. The number of aromatic nitrogens is 1. The van der Waals surface area contributed by atoms with Gasteiger partial charge in [0.2, 0.25) is 5.91 Å². The summed E-state index contributed by atoms with van der Waals surface area (Å²) in [6.07, 6.45) is 2.70. The molecular formula is C19H20N2O4. The number of nitrogens with one attached hydrogen (secondary N) is 1. The molecule has 2 aromatic rings. The molecule has 6 nitrogen and oxygen atoms in total. The summed E-state index contributed by atoms with van der Waals surface area (Å²) in [5.41, 5.74) is 2.00. The molecule has 6 heteroatoms. The third-order valence-corrected chi connectivity index (χ3v) is 4.68. The minimum atomic E-state index is -0.962. The Bertz CT molecular complexity index is 854. The Balaban J connectivity index is 1.75. The summed E-state index contributed by atoms with van der Waals surface area (Å²) in [6, 6.07) is 11.1. The van der Waals surface area contributed by atoms with Gasteiger partial charge in [-0.3, -0.25) is 14.4 Å². The number of amides is 1. The largest absolute Gasteiger partial charge is 0.481 e. The summed E-state index contributed by atoms with van der Waals surface area (Å²) >= 11 is 0. The summed E-state index contributed by atoms with van der Waals surface area (Å²) in [7, 11) is 0. The third kappa shape index (κ3) is 3.63. The number of rotatable bonds is 5. The SMILES string of the molecule is Cc1ccc(Cn2cccc(NC(=O)C3CCC3C(=O)O)c2=O)cc1. The van der Waals surface area contributed by atoms with Gasteiger partial charge in [-0.15, -0.1) is 0 Å². The zero-order valence-corrected chi connectivity index (χ0v) is 13.9. The van der Waals surface area contributed by atoms with Crippen LogP contribution in [0.4, 0.5) is 5.69 Å². The van der Waals surface area contributed by atoms with Gasteiger partial charge in [0.05, 0.1) is 18.4 Å². The van der Waals surface area contributed by atoms with Gasteiger partial charge in [0.15, 0.2) is 0 Å². The molecule has 2 N–H and O–H groups in total. The number of aryl methyl sites for hydroxylation is 1. The van der Waals surface area contributed by atoms with Crippen molar-refractivity contribution in [1.82, 2.24) is 4.57 Å². The Labute approximate surface area is 145 Å². The van der Waals surface area contributed by atoms with E-state index in [1.54, 1.807) is 18.3 Å². The van der Waals surface area contributed by atoms with Crippen LogP contribution in [0.15, 0.2) is 47.4 Å². The smallest absolute Gasteiger partial charge is 0.307 e. The molecule has 1 aliphatic rings. The van der Waals surface area contributed by atoms with Crippen molar-refractivity contribution in [1.29, 1.82) is 0 Å². The van der Waals surface area contributed by atoms with Gasteiger partial charge in [-0.05, 0) is 37.5 Å². The Morgan fingerprint density at radius 2 is 1.84 bits per heavy atom. The van der Waals surface area contributed by atoms with E-state index in [0.717, 1.165) is 11.1 Å². The summed E-state index contributed by atoms with van der Waals surface area (Å²) in [6.45, 7) is 2.40. The molecule has 1 aromatic carbocycles. The molecule has 130 valence electrons. The van der Waals surface area contributed by atoms with Crippen molar-refractivity contribution in [2.75, 3.05) is 5.32 Å². The normalized spacial score (nSPS) is 19.1. The number of carbonyl (C=O) groups excluding carboxylic acids is 1. The second kappa shape index (κ2) is 6.93. The van der Waals surface area contributed by atoms with E-state index >= 15 is 0 Å². The maximum atomic E-state index is 12.6. The second-order valence-electron chi connectivity index (χ2n) is 6.46. The van der Waals surface area contributed by atoms with Crippen molar-refractivity contribution in [3.8, 4) is 0 Å². The van der Waals surface area contributed by atoms with E-state index < -0.39 is 23.7 Å². The lowest BCUT2D eigenvalue weighted by Crippen LogP contribution is -2.42. The van der Waals surface area contributed by atoms with Crippen molar-refractivity contribution in [2.45, 2.75) is 26.3 Å². The summed E-state index contributed by atoms with van der Waals surface area (Å²) < 4.78 is 1.52. The van der Waals surface area contributed by atoms with Crippen LogP contribution in [-0.4, -0.2) is 21.6 Å². The molecular weight excluding hydrogens is 320 g/mol. The van der Waals surface area contributed by atoms with Crippen LogP contribution >= 0.6 is 0 Å². The Kier molecular flexibility index (Phi) is 4.70. The van der Waals surface area contributed by atoms with Crippen LogP contribution in [0, 0.1) is 18.8 Å². The highest BCUT2D eigenvalue weighted by Crippen LogP contribution is 2.35. The monoisotopic (exact) mass is 340 g/mol. The van der Waals surface area contributed by atoms with Gasteiger partial charge in [0.25, 0.3) is 5.56 Å². The maximum Gasteiger partial charge on any atom is 0.307 e. The van der Waals surface area contributed by atoms with Gasteiger partial charge in [-0.25, -0.2) is 0 Å². The third-order valence-electron chi connectivity index (χ3n) is 4.68. The van der Waals surface area contributed by atoms with Gasteiger partial charge in [0, 0.05) is 6.20 Å². The molecule has 2 unspecified atom stereocenters. The first kappa shape index (κ1) is 17.0. The van der Waals surface area contributed by atoms with Crippen LogP contribution in [0.1, 0.15) is 24.0 Å². The van der Waals surface area contributed by atoms with Crippen LogP contribution in [0.3, 0.4) is 0 Å². The highest BCUT2D eigenvalue weighted by Gasteiger charge is 2.41. The van der Waals surface area contributed by atoms with Crippen LogP contribution in [-0.2, 0) is 16.1 Å². The highest BCUT2D eigenvalue weighted by molar-refractivity contribution is 5.95. The zero-order chi connectivity index (χ0) is 18.0. The van der Waals surface area contributed by atoms with E-state index in [1.165, 1.54) is 4.57 Å². The van der Waals surface area contributed by atoms with Crippen LogP contribution < -0.4 is 10.9 Å². The van der Waals surface area contributed by atoms with Crippen LogP contribution in [0.2, 0.25) is 0 Å². The van der Waals surface area contributed by atoms with Crippen molar-refractivity contribution in [3.63, 3.8) is 0 Å². The standard InChI is InChI=1S/C19H20N2O4/c1-12-4-6-13(7-5-12)11-21-10-2-3-16(18(21)23)20-17(22)14-8-9-15(14)19(24)25/h2-7,10,14-15H,8-9,11H2,1H3,(H,20,22)(H,24,25). The van der Waals surface area contributed by atoms with Gasteiger partial charge >= 0.3 is 5.97 Å². The fourth-order valence-corrected chi connectivity index (χ4v) is 2.98. The molecule has 2 atom stereocenters. The number of aliphatic carboxylic acids is 1. The number of hydrogen-bond acceptors (Lipinski definition) is 3. The van der Waals surface area contributed by atoms with E-state index in [0.29, 0.717) is 19.4 Å². The molecule has 1 aliphatic carbocycles. The molecule has 3 rings (SSSR count). The second-order valence-corrected chi connectivity index (χ2v) is 6.46. The molecule has 1 saturated carbocycles. The van der Waals surface area contributed by atoms with E-state index in [-0.39, 0.29) is 11.2 Å². The fourth-order valence-electron chi connectivity index (χ4n) is 2.98. The number of nitrogens with zero attached hydrogens (tertiary/aromatic N) is 1. The molecule has 0 radical (unpaired) electrons. The number of pyridine rings is 1. The average molecular weight is 340 g/mol. The molecule has 1 aromatic heterocycles. The Morgan fingerprint density at radius 1 is 1.16 bits per heavy atom. The minimum Gasteiger partial charge on any atom is -0.481 e. The highest BCUT2D eigenvalue weighted by atomic mass is 16.4. The predicted octanol–water partition coefficient (Wildman–Crippen LogP) is 2.25. The average Bonchev–Trinajstić information content (AvgIpc) is 2.51. The lowest BCUT2D eigenvalue weighted by molar-refractivity contribution is -0.151. The Morgan fingerprint density at radius 3 is 2.44 bits per heavy atom. The predicted molar refractivity (Wildman–Crippen MR) is 93.5 cm³/mol. The van der Waals surface area contributed by atoms with Gasteiger partial charge in [-0.1, -0.05) is 29.8 Å². The van der Waals surface area contributed by atoms with E-state index in [9.17, 15) is 14.4 Å². The first-order chi connectivity index (χ1) is 12.0. The number of carbonyl (C=O) groups is 2. The maximum absolute atomic E-state index is 12.6. The summed E-state index contributed by atoms with van der Waals surface area (Å²) in [4.78, 5) is 35.8. The first-order valence-corrected chi connectivity index (χ1v) is 8.24. The first-order valence-electron chi connectivity index (χ1n) is 8.24. The molecule has 25 heavy (non-hydrogen) atoms. The minimum absolute atomic E-state index is 0.177. The molecule has 0 spiro atoms. The number of anilines is 1. The molecule has 0 aliphatic heterocycles. The number of carboxylic acid groups (broad SMARTS) is 1. The van der Waals surface area contributed by atoms with Gasteiger partial charge in [-0.2, -0.15) is 0 Å². The van der Waals surface area contributed by atoms with Gasteiger partial charge < -0.3 is 15.0 Å². The van der Waals surface area contributed by atoms with Crippen molar-refractivity contribution in [3.05, 3.63) is 64.1 Å². The van der Waals surface area contributed by atoms with E-state index in [4.69, 9.17) is 5.11 Å². The Hall–Kier alpha value is -2.89. The molecule has 1 amide bonds. The van der Waals surface area contributed by atoms with E-state index in [1.807, 2.05) is 31.2 Å². The zero-order valence-electron chi connectivity index (χ0n) is 13.9. The van der Waals surface area contributed by atoms with Crippen LogP contribution in [0.25, 0.3) is 0 Å². The molecule has 1 fully saturated rings. The fraction of sp³-hybridized carbons (Fsp3) is 0.316. The topological polar surface area (TPSA) is 88.4 Å². The molecule has 0 bridgehead atoms. The lowest BCUT2D eigenvalue weighted by Gasteiger charge is -2.31. The summed E-state index contributed by atoms with van der Waals surface area (Å²) in [5.74, 6) is -2.58.